The first-order valence-electron chi connectivity index (χ1n) is 9.12. The Bertz CT molecular complexity index is 1200. The maximum absolute atomic E-state index is 13.8. The minimum absolute atomic E-state index is 0.0369. The number of aryl methyl sites for hydroxylation is 1. The van der Waals surface area contributed by atoms with Crippen molar-refractivity contribution in [3.05, 3.63) is 105 Å². The lowest BCUT2D eigenvalue weighted by Gasteiger charge is -2.09. The molecule has 0 saturated carbocycles. The summed E-state index contributed by atoms with van der Waals surface area (Å²) < 4.78 is 25.2. The summed E-state index contributed by atoms with van der Waals surface area (Å²) in [6.07, 6.45) is 1.47. The van der Waals surface area contributed by atoms with Crippen LogP contribution < -0.4 is 9.47 Å². The second kappa shape index (κ2) is 7.79. The van der Waals surface area contributed by atoms with Crippen LogP contribution in [0.2, 0.25) is 0 Å². The first-order valence-corrected chi connectivity index (χ1v) is 9.12. The number of ether oxygens (including phenoxy) is 2. The number of carbonyl (C=O) groups excluding carboxylic acids is 1. The number of fused-ring (bicyclic) bond motifs is 1. The number of nitro groups is 1. The first-order chi connectivity index (χ1) is 14.4. The average molecular weight is 405 g/mol. The lowest BCUT2D eigenvalue weighted by atomic mass is 10.0. The molecule has 1 aliphatic rings. The summed E-state index contributed by atoms with van der Waals surface area (Å²) in [5.74, 6) is 0.178. The minimum atomic E-state index is -0.503. The SMILES string of the molecule is Cc1cc(OCc2ccccc2F)cc2c1C(=O)/C(=C/c1cccc([N+](=O)[O-])c1)O2. The van der Waals surface area contributed by atoms with E-state index in [9.17, 15) is 19.3 Å². The molecule has 7 heteroatoms. The molecule has 3 aromatic rings. The van der Waals surface area contributed by atoms with Gasteiger partial charge in [0.05, 0.1) is 10.5 Å². The van der Waals surface area contributed by atoms with Crippen molar-refractivity contribution in [2.24, 2.45) is 0 Å². The van der Waals surface area contributed by atoms with Crippen molar-refractivity contribution in [2.75, 3.05) is 0 Å². The molecule has 3 aromatic carbocycles. The van der Waals surface area contributed by atoms with Gasteiger partial charge in [-0.15, -0.1) is 0 Å². The summed E-state index contributed by atoms with van der Waals surface area (Å²) in [7, 11) is 0. The van der Waals surface area contributed by atoms with Gasteiger partial charge >= 0.3 is 0 Å². The molecular weight excluding hydrogens is 389 g/mol. The Morgan fingerprint density at radius 3 is 2.70 bits per heavy atom. The van der Waals surface area contributed by atoms with Crippen molar-refractivity contribution in [1.82, 2.24) is 0 Å². The number of hydrogen-bond acceptors (Lipinski definition) is 5. The smallest absolute Gasteiger partial charge is 0.270 e. The van der Waals surface area contributed by atoms with Gasteiger partial charge in [-0.05, 0) is 36.3 Å². The van der Waals surface area contributed by atoms with Crippen LogP contribution in [0.4, 0.5) is 10.1 Å². The van der Waals surface area contributed by atoms with Gasteiger partial charge in [0.25, 0.3) is 5.69 Å². The summed E-state index contributed by atoms with van der Waals surface area (Å²) in [6.45, 7) is 1.79. The van der Waals surface area contributed by atoms with E-state index in [2.05, 4.69) is 0 Å². The Kier molecular flexibility index (Phi) is 5.02. The number of nitro benzene ring substituents is 1. The van der Waals surface area contributed by atoms with Crippen molar-refractivity contribution in [3.8, 4) is 11.5 Å². The molecule has 0 bridgehead atoms. The highest BCUT2D eigenvalue weighted by molar-refractivity contribution is 6.15. The zero-order chi connectivity index (χ0) is 21.3. The fraction of sp³-hybridized carbons (Fsp3) is 0.0870. The van der Waals surface area contributed by atoms with Gasteiger partial charge in [-0.2, -0.15) is 0 Å². The summed E-state index contributed by atoms with van der Waals surface area (Å²) in [4.78, 5) is 23.2. The number of carbonyl (C=O) groups is 1. The van der Waals surface area contributed by atoms with Gasteiger partial charge < -0.3 is 9.47 Å². The number of hydrogen-bond donors (Lipinski definition) is 0. The zero-order valence-electron chi connectivity index (χ0n) is 15.9. The standard InChI is InChI=1S/C23H16FNO5/c1-14-9-18(29-13-16-6-2-3-8-19(16)24)12-20-22(14)23(26)21(30-20)11-15-5-4-7-17(10-15)25(27)28/h2-12H,13H2,1H3/b21-11-. The molecule has 0 unspecified atom stereocenters. The number of Topliss-reactive ketones (excluding diaryl/α,β-unsaturated/α-hetero) is 1. The van der Waals surface area contributed by atoms with E-state index in [0.29, 0.717) is 33.8 Å². The summed E-state index contributed by atoms with van der Waals surface area (Å²) in [5, 5.41) is 10.9. The van der Waals surface area contributed by atoms with Gasteiger partial charge in [-0.1, -0.05) is 30.3 Å². The van der Waals surface area contributed by atoms with Crippen molar-refractivity contribution >= 4 is 17.5 Å². The molecule has 0 radical (unpaired) electrons. The van der Waals surface area contributed by atoms with E-state index in [4.69, 9.17) is 9.47 Å². The predicted octanol–water partition coefficient (Wildman–Crippen LogP) is 5.24. The van der Waals surface area contributed by atoms with Gasteiger partial charge in [0, 0.05) is 23.8 Å². The molecule has 30 heavy (non-hydrogen) atoms. The van der Waals surface area contributed by atoms with E-state index in [-0.39, 0.29) is 29.7 Å². The quantitative estimate of drug-likeness (QED) is 0.330. The normalized spacial score (nSPS) is 13.8. The van der Waals surface area contributed by atoms with E-state index in [0.717, 1.165) is 0 Å². The summed E-state index contributed by atoms with van der Waals surface area (Å²) in [5.41, 5.74) is 1.88. The van der Waals surface area contributed by atoms with Crippen molar-refractivity contribution in [3.63, 3.8) is 0 Å². The summed E-state index contributed by atoms with van der Waals surface area (Å²) in [6, 6.07) is 15.5. The van der Waals surface area contributed by atoms with Crippen LogP contribution in [0.25, 0.3) is 6.08 Å². The molecule has 6 nitrogen and oxygen atoms in total. The van der Waals surface area contributed by atoms with Crippen LogP contribution in [0.5, 0.6) is 11.5 Å². The molecular formula is C23H16FNO5. The van der Waals surface area contributed by atoms with E-state index in [1.807, 2.05) is 0 Å². The van der Waals surface area contributed by atoms with Crippen molar-refractivity contribution < 1.29 is 23.6 Å². The third-order valence-corrected chi connectivity index (χ3v) is 4.67. The molecule has 0 amide bonds. The molecule has 0 atom stereocenters. The molecule has 0 saturated heterocycles. The monoisotopic (exact) mass is 405 g/mol. The Hall–Kier alpha value is -4.00. The molecule has 150 valence electrons. The lowest BCUT2D eigenvalue weighted by Crippen LogP contribution is -2.00. The highest BCUT2D eigenvalue weighted by atomic mass is 19.1. The van der Waals surface area contributed by atoms with Gasteiger partial charge in [-0.25, -0.2) is 4.39 Å². The number of rotatable bonds is 5. The predicted molar refractivity (Wildman–Crippen MR) is 108 cm³/mol. The average Bonchev–Trinajstić information content (AvgIpc) is 3.03. The second-order valence-corrected chi connectivity index (χ2v) is 6.79. The van der Waals surface area contributed by atoms with Crippen LogP contribution in [0.1, 0.15) is 27.0 Å². The fourth-order valence-electron chi connectivity index (χ4n) is 3.22. The number of nitrogens with zero attached hydrogens (tertiary/aromatic N) is 1. The van der Waals surface area contributed by atoms with Crippen molar-refractivity contribution in [1.29, 1.82) is 0 Å². The number of allylic oxidation sites excluding steroid dienone is 1. The Labute approximate surface area is 171 Å². The van der Waals surface area contributed by atoms with Gasteiger partial charge in [-0.3, -0.25) is 14.9 Å². The Balaban J connectivity index is 1.58. The highest BCUT2D eigenvalue weighted by Crippen LogP contribution is 2.38. The zero-order valence-corrected chi connectivity index (χ0v) is 15.9. The lowest BCUT2D eigenvalue weighted by molar-refractivity contribution is -0.384. The van der Waals surface area contributed by atoms with Crippen LogP contribution in [-0.4, -0.2) is 10.7 Å². The largest absolute Gasteiger partial charge is 0.489 e. The topological polar surface area (TPSA) is 78.7 Å². The van der Waals surface area contributed by atoms with Crippen LogP contribution >= 0.6 is 0 Å². The Morgan fingerprint density at radius 1 is 1.13 bits per heavy atom. The maximum Gasteiger partial charge on any atom is 0.270 e. The molecule has 1 heterocycles. The van der Waals surface area contributed by atoms with Crippen LogP contribution in [0.3, 0.4) is 0 Å². The molecule has 4 rings (SSSR count). The molecule has 0 aliphatic carbocycles. The third kappa shape index (κ3) is 3.77. The van der Waals surface area contributed by atoms with Crippen LogP contribution in [-0.2, 0) is 6.61 Å². The maximum atomic E-state index is 13.8. The van der Waals surface area contributed by atoms with Crippen molar-refractivity contribution in [2.45, 2.75) is 13.5 Å². The van der Waals surface area contributed by atoms with Crippen LogP contribution in [0.15, 0.2) is 66.4 Å². The number of ketones is 1. The first kappa shape index (κ1) is 19.3. The van der Waals surface area contributed by atoms with Crippen LogP contribution in [0, 0.1) is 22.9 Å². The highest BCUT2D eigenvalue weighted by Gasteiger charge is 2.30. The van der Waals surface area contributed by atoms with Gasteiger partial charge in [0.15, 0.2) is 5.76 Å². The number of non-ortho nitro benzene ring substituents is 1. The van der Waals surface area contributed by atoms with E-state index in [1.165, 1.54) is 30.3 Å². The van der Waals surface area contributed by atoms with E-state index < -0.39 is 4.92 Å². The van der Waals surface area contributed by atoms with Gasteiger partial charge in [0.1, 0.15) is 23.9 Å². The van der Waals surface area contributed by atoms with E-state index in [1.54, 1.807) is 43.3 Å². The molecule has 1 aliphatic heterocycles. The van der Waals surface area contributed by atoms with E-state index >= 15 is 0 Å². The van der Waals surface area contributed by atoms with Gasteiger partial charge in [0.2, 0.25) is 5.78 Å². The molecule has 0 fully saturated rings. The Morgan fingerprint density at radius 2 is 1.93 bits per heavy atom. The molecule has 0 aromatic heterocycles. The third-order valence-electron chi connectivity index (χ3n) is 4.67. The summed E-state index contributed by atoms with van der Waals surface area (Å²) >= 11 is 0. The molecule has 0 N–H and O–H groups in total. The minimum Gasteiger partial charge on any atom is -0.489 e. The molecule has 0 spiro atoms. The number of halogens is 1. The second-order valence-electron chi connectivity index (χ2n) is 6.79. The fourth-order valence-corrected chi connectivity index (χ4v) is 3.22. The number of benzene rings is 3.